The lowest BCUT2D eigenvalue weighted by Gasteiger charge is -2.07. The zero-order chi connectivity index (χ0) is 13.2. The van der Waals surface area contributed by atoms with Crippen LogP contribution in [0.3, 0.4) is 0 Å². The fourth-order valence-corrected chi connectivity index (χ4v) is 2.78. The van der Waals surface area contributed by atoms with Gasteiger partial charge in [-0.25, -0.2) is 4.21 Å². The highest BCUT2D eigenvalue weighted by molar-refractivity contribution is 7.79. The van der Waals surface area contributed by atoms with E-state index in [1.807, 2.05) is 48.5 Å². The molecule has 0 saturated carbocycles. The molecule has 1 atom stereocenters. The highest BCUT2D eigenvalue weighted by atomic mass is 32.2. The van der Waals surface area contributed by atoms with Gasteiger partial charge in [0.1, 0.15) is 0 Å². The van der Waals surface area contributed by atoms with Crippen molar-refractivity contribution in [1.29, 1.82) is 0 Å². The molecule has 0 aromatic heterocycles. The molecule has 3 aromatic carbocycles. The Bertz CT molecular complexity index is 765. The van der Waals surface area contributed by atoms with E-state index in [4.69, 9.17) is 0 Å². The van der Waals surface area contributed by atoms with Crippen LogP contribution in [-0.4, -0.2) is 8.76 Å². The monoisotopic (exact) mass is 268 g/mol. The molecule has 3 aromatic rings. The van der Waals surface area contributed by atoms with Crippen LogP contribution in [0.25, 0.3) is 21.9 Å². The minimum absolute atomic E-state index is 0.442. The Morgan fingerprint density at radius 1 is 0.789 bits per heavy atom. The summed E-state index contributed by atoms with van der Waals surface area (Å²) < 4.78 is 20.7. The van der Waals surface area contributed by atoms with Gasteiger partial charge < -0.3 is 4.55 Å². The minimum Gasteiger partial charge on any atom is -0.302 e. The first-order valence-electron chi connectivity index (χ1n) is 5.95. The molecule has 1 unspecified atom stereocenters. The maximum atomic E-state index is 11.4. The van der Waals surface area contributed by atoms with Crippen LogP contribution in [0.15, 0.2) is 71.6 Å². The fraction of sp³-hybridized carbons (Fsp3) is 0. The molecule has 3 heteroatoms. The van der Waals surface area contributed by atoms with E-state index in [9.17, 15) is 8.76 Å². The largest absolute Gasteiger partial charge is 0.302 e. The van der Waals surface area contributed by atoms with Crippen LogP contribution in [0, 0.1) is 0 Å². The maximum Gasteiger partial charge on any atom is 0.187 e. The second-order valence-electron chi connectivity index (χ2n) is 4.31. The molecule has 0 fully saturated rings. The zero-order valence-corrected chi connectivity index (χ0v) is 10.9. The fourth-order valence-electron chi connectivity index (χ4n) is 2.21. The molecule has 1 N–H and O–H groups in total. The average molecular weight is 268 g/mol. The number of hydrogen-bond acceptors (Lipinski definition) is 1. The molecule has 94 valence electrons. The van der Waals surface area contributed by atoms with Crippen LogP contribution >= 0.6 is 0 Å². The minimum atomic E-state index is -1.97. The van der Waals surface area contributed by atoms with Gasteiger partial charge in [0, 0.05) is 5.56 Å². The van der Waals surface area contributed by atoms with Gasteiger partial charge in [0.15, 0.2) is 11.1 Å². The quantitative estimate of drug-likeness (QED) is 0.711. The van der Waals surface area contributed by atoms with Crippen LogP contribution in [0.2, 0.25) is 0 Å². The van der Waals surface area contributed by atoms with Gasteiger partial charge in [-0.2, -0.15) is 0 Å². The van der Waals surface area contributed by atoms with Gasteiger partial charge in [-0.1, -0.05) is 54.6 Å². The smallest absolute Gasteiger partial charge is 0.187 e. The molecule has 0 bridgehead atoms. The molecule has 3 rings (SSSR count). The number of hydrogen-bond donors (Lipinski definition) is 1. The van der Waals surface area contributed by atoms with Crippen molar-refractivity contribution in [2.75, 3.05) is 0 Å². The Hall–Kier alpha value is -1.97. The van der Waals surface area contributed by atoms with Gasteiger partial charge in [0.2, 0.25) is 0 Å². The number of benzene rings is 3. The third-order valence-electron chi connectivity index (χ3n) is 3.14. The van der Waals surface area contributed by atoms with E-state index < -0.39 is 11.1 Å². The Balaban J connectivity index is 2.22. The lowest BCUT2D eigenvalue weighted by atomic mass is 10.0. The normalized spacial score (nSPS) is 12.5. The molecule has 0 radical (unpaired) electrons. The van der Waals surface area contributed by atoms with E-state index >= 15 is 0 Å². The van der Waals surface area contributed by atoms with Gasteiger partial charge in [0.05, 0.1) is 4.90 Å². The van der Waals surface area contributed by atoms with Crippen molar-refractivity contribution in [3.63, 3.8) is 0 Å². The van der Waals surface area contributed by atoms with E-state index in [2.05, 4.69) is 6.07 Å². The predicted molar refractivity (Wildman–Crippen MR) is 78.4 cm³/mol. The summed E-state index contributed by atoms with van der Waals surface area (Å²) in [5.41, 5.74) is 1.76. The molecule has 0 aliphatic carbocycles. The molecule has 0 spiro atoms. The Morgan fingerprint density at radius 2 is 1.47 bits per heavy atom. The van der Waals surface area contributed by atoms with Crippen LogP contribution in [0.5, 0.6) is 0 Å². The van der Waals surface area contributed by atoms with Crippen LogP contribution in [-0.2, 0) is 11.1 Å². The highest BCUT2D eigenvalue weighted by Gasteiger charge is 2.09. The first-order chi connectivity index (χ1) is 9.25. The van der Waals surface area contributed by atoms with Crippen molar-refractivity contribution in [3.8, 4) is 11.1 Å². The van der Waals surface area contributed by atoms with Crippen LogP contribution in [0.1, 0.15) is 0 Å². The summed E-state index contributed by atoms with van der Waals surface area (Å²) in [7, 11) is 0. The van der Waals surface area contributed by atoms with E-state index in [1.165, 1.54) is 0 Å². The summed E-state index contributed by atoms with van der Waals surface area (Å²) in [6.07, 6.45) is 0. The van der Waals surface area contributed by atoms with Gasteiger partial charge in [-0.15, -0.1) is 0 Å². The summed E-state index contributed by atoms with van der Waals surface area (Å²) >= 11 is -1.97. The zero-order valence-electron chi connectivity index (χ0n) is 10.1. The van der Waals surface area contributed by atoms with Crippen molar-refractivity contribution in [3.05, 3.63) is 66.7 Å². The molecule has 0 aliphatic rings. The SMILES string of the molecule is O=S(O)c1ccccc1-c1ccc2ccccc2c1. The van der Waals surface area contributed by atoms with E-state index in [-0.39, 0.29) is 0 Å². The summed E-state index contributed by atoms with van der Waals surface area (Å²) in [5.74, 6) is 0. The Labute approximate surface area is 114 Å². The van der Waals surface area contributed by atoms with Crippen molar-refractivity contribution in [2.24, 2.45) is 0 Å². The number of fused-ring (bicyclic) bond motifs is 1. The van der Waals surface area contributed by atoms with E-state index in [1.54, 1.807) is 12.1 Å². The molecule has 0 heterocycles. The van der Waals surface area contributed by atoms with E-state index in [0.717, 1.165) is 21.9 Å². The molecule has 0 amide bonds. The van der Waals surface area contributed by atoms with Crippen molar-refractivity contribution >= 4 is 21.9 Å². The van der Waals surface area contributed by atoms with Crippen LogP contribution < -0.4 is 0 Å². The predicted octanol–water partition coefficient (Wildman–Crippen LogP) is 4.09. The number of rotatable bonds is 2. The first-order valence-corrected chi connectivity index (χ1v) is 7.05. The summed E-state index contributed by atoms with van der Waals surface area (Å²) in [5, 5.41) is 2.28. The third-order valence-corrected chi connectivity index (χ3v) is 3.87. The molecule has 19 heavy (non-hydrogen) atoms. The van der Waals surface area contributed by atoms with Gasteiger partial charge in [-0.3, -0.25) is 0 Å². The molecular weight excluding hydrogens is 256 g/mol. The summed E-state index contributed by atoms with van der Waals surface area (Å²) in [4.78, 5) is 0.442. The molecule has 2 nitrogen and oxygen atoms in total. The van der Waals surface area contributed by atoms with Crippen molar-refractivity contribution < 1.29 is 8.76 Å². The third kappa shape index (κ3) is 2.30. The lowest BCUT2D eigenvalue weighted by molar-refractivity contribution is 0.564. The second-order valence-corrected chi connectivity index (χ2v) is 5.25. The highest BCUT2D eigenvalue weighted by Crippen LogP contribution is 2.28. The van der Waals surface area contributed by atoms with E-state index in [0.29, 0.717) is 4.90 Å². The lowest BCUT2D eigenvalue weighted by Crippen LogP contribution is -1.92. The second kappa shape index (κ2) is 4.96. The Kier molecular flexibility index (Phi) is 3.15. The summed E-state index contributed by atoms with van der Waals surface area (Å²) in [6.45, 7) is 0. The topological polar surface area (TPSA) is 37.3 Å². The van der Waals surface area contributed by atoms with Gasteiger partial charge in [0.25, 0.3) is 0 Å². The molecule has 0 aliphatic heterocycles. The van der Waals surface area contributed by atoms with Gasteiger partial charge >= 0.3 is 0 Å². The Morgan fingerprint density at radius 3 is 2.26 bits per heavy atom. The maximum absolute atomic E-state index is 11.4. The van der Waals surface area contributed by atoms with Gasteiger partial charge in [-0.05, 0) is 28.5 Å². The average Bonchev–Trinajstić information content (AvgIpc) is 2.46. The molecular formula is C16H12O2S. The standard InChI is InChI=1S/C16H12O2S/c17-19(18)16-8-4-3-7-15(16)14-10-9-12-5-1-2-6-13(12)11-14/h1-11H,(H,17,18). The first kappa shape index (κ1) is 12.1. The van der Waals surface area contributed by atoms with Crippen LogP contribution in [0.4, 0.5) is 0 Å². The summed E-state index contributed by atoms with van der Waals surface area (Å²) in [6, 6.07) is 21.3. The van der Waals surface area contributed by atoms with Crippen molar-refractivity contribution in [1.82, 2.24) is 0 Å². The van der Waals surface area contributed by atoms with Crippen molar-refractivity contribution in [2.45, 2.75) is 4.90 Å². The molecule has 0 saturated heterocycles.